The molecule has 5 heteroatoms. The second kappa shape index (κ2) is 6.08. The van der Waals surface area contributed by atoms with E-state index in [1.165, 1.54) is 23.6 Å². The maximum Gasteiger partial charge on any atom is 0.227 e. The molecule has 0 radical (unpaired) electrons. The number of ether oxygens (including phenoxy) is 1. The van der Waals surface area contributed by atoms with Gasteiger partial charge in [-0.2, -0.15) is 0 Å². The number of thiophene rings is 1. The van der Waals surface area contributed by atoms with Crippen molar-refractivity contribution >= 4 is 17.2 Å². The average Bonchev–Trinajstić information content (AvgIpc) is 2.97. The van der Waals surface area contributed by atoms with Crippen molar-refractivity contribution in [2.75, 3.05) is 13.7 Å². The van der Waals surface area contributed by atoms with E-state index in [1.54, 1.807) is 23.5 Å². The molecular formula is C17H18FNO2S. The maximum atomic E-state index is 13.7. The normalized spacial score (nSPS) is 17.2. The predicted octanol–water partition coefficient (Wildman–Crippen LogP) is 3.58. The third kappa shape index (κ3) is 2.73. The molecule has 0 N–H and O–H groups in total. The average molecular weight is 319 g/mol. The number of nitrogens with zero attached hydrogens (tertiary/aromatic N) is 1. The third-order valence-electron chi connectivity index (χ3n) is 4.17. The van der Waals surface area contributed by atoms with E-state index in [-0.39, 0.29) is 24.1 Å². The van der Waals surface area contributed by atoms with Gasteiger partial charge in [-0.15, -0.1) is 11.3 Å². The van der Waals surface area contributed by atoms with Gasteiger partial charge in [-0.05, 0) is 48.1 Å². The van der Waals surface area contributed by atoms with E-state index >= 15 is 0 Å². The zero-order valence-electron chi connectivity index (χ0n) is 12.6. The Morgan fingerprint density at radius 2 is 2.27 bits per heavy atom. The molecular weight excluding hydrogens is 301 g/mol. The highest BCUT2D eigenvalue weighted by Crippen LogP contribution is 2.33. The lowest BCUT2D eigenvalue weighted by molar-refractivity contribution is -0.133. The fourth-order valence-corrected chi connectivity index (χ4v) is 3.91. The Labute approximate surface area is 133 Å². The van der Waals surface area contributed by atoms with E-state index in [1.807, 2.05) is 4.90 Å². The Morgan fingerprint density at radius 3 is 3.00 bits per heavy atom. The Bertz CT molecular complexity index is 698. The SMILES string of the molecule is COc1ccc(CC(=O)N2CCc3sccc3[C@@H]2C)cc1F. The van der Waals surface area contributed by atoms with Crippen LogP contribution in [0.1, 0.15) is 29.0 Å². The summed E-state index contributed by atoms with van der Waals surface area (Å²) in [6.07, 6.45) is 1.12. The summed E-state index contributed by atoms with van der Waals surface area (Å²) in [5.41, 5.74) is 1.91. The number of carbonyl (C=O) groups is 1. The first-order valence-corrected chi connectivity index (χ1v) is 8.16. The van der Waals surface area contributed by atoms with Gasteiger partial charge in [-0.25, -0.2) is 4.39 Å². The number of methoxy groups -OCH3 is 1. The third-order valence-corrected chi connectivity index (χ3v) is 5.17. The predicted molar refractivity (Wildman–Crippen MR) is 84.8 cm³/mol. The summed E-state index contributed by atoms with van der Waals surface area (Å²) in [4.78, 5) is 15.8. The van der Waals surface area contributed by atoms with Gasteiger partial charge in [0.15, 0.2) is 11.6 Å². The first-order chi connectivity index (χ1) is 10.6. The van der Waals surface area contributed by atoms with Crippen LogP contribution in [0.2, 0.25) is 0 Å². The number of carbonyl (C=O) groups excluding carboxylic acids is 1. The van der Waals surface area contributed by atoms with Crippen molar-refractivity contribution in [2.24, 2.45) is 0 Å². The summed E-state index contributed by atoms with van der Waals surface area (Å²) in [6.45, 7) is 2.78. The van der Waals surface area contributed by atoms with Crippen LogP contribution in [0.4, 0.5) is 4.39 Å². The molecule has 3 rings (SSSR count). The fraction of sp³-hybridized carbons (Fsp3) is 0.353. The summed E-state index contributed by atoms with van der Waals surface area (Å²) < 4.78 is 18.6. The molecule has 1 aromatic heterocycles. The van der Waals surface area contributed by atoms with Gasteiger partial charge in [0.1, 0.15) is 0 Å². The van der Waals surface area contributed by atoms with Crippen molar-refractivity contribution in [1.82, 2.24) is 4.90 Å². The van der Waals surface area contributed by atoms with E-state index in [0.29, 0.717) is 5.56 Å². The Hall–Kier alpha value is -1.88. The molecule has 3 nitrogen and oxygen atoms in total. The van der Waals surface area contributed by atoms with Crippen molar-refractivity contribution in [3.63, 3.8) is 0 Å². The summed E-state index contributed by atoms with van der Waals surface area (Å²) in [7, 11) is 1.43. The molecule has 1 aromatic carbocycles. The molecule has 1 atom stereocenters. The maximum absolute atomic E-state index is 13.7. The van der Waals surface area contributed by atoms with Gasteiger partial charge >= 0.3 is 0 Å². The number of benzene rings is 1. The van der Waals surface area contributed by atoms with Gasteiger partial charge in [0.05, 0.1) is 19.6 Å². The smallest absolute Gasteiger partial charge is 0.227 e. The lowest BCUT2D eigenvalue weighted by Gasteiger charge is -2.33. The largest absolute Gasteiger partial charge is 0.494 e. The summed E-state index contributed by atoms with van der Waals surface area (Å²) in [5.74, 6) is -0.195. The molecule has 0 saturated carbocycles. The topological polar surface area (TPSA) is 29.5 Å². The van der Waals surface area contributed by atoms with Crippen LogP contribution in [0, 0.1) is 5.82 Å². The Kier molecular flexibility index (Phi) is 4.16. The van der Waals surface area contributed by atoms with Crippen LogP contribution in [0.5, 0.6) is 5.75 Å². The van der Waals surface area contributed by atoms with E-state index < -0.39 is 5.82 Å². The van der Waals surface area contributed by atoms with E-state index in [9.17, 15) is 9.18 Å². The van der Waals surface area contributed by atoms with E-state index in [2.05, 4.69) is 18.4 Å². The van der Waals surface area contributed by atoms with Crippen molar-refractivity contribution in [3.8, 4) is 5.75 Å². The summed E-state index contributed by atoms with van der Waals surface area (Å²) in [5, 5.41) is 2.08. The number of fused-ring (bicyclic) bond motifs is 1. The van der Waals surface area contributed by atoms with Crippen LogP contribution in [-0.4, -0.2) is 24.5 Å². The molecule has 0 spiro atoms. The lowest BCUT2D eigenvalue weighted by atomic mass is 10.0. The molecule has 1 aliphatic rings. The molecule has 0 bridgehead atoms. The molecule has 0 aliphatic carbocycles. The number of rotatable bonds is 3. The van der Waals surface area contributed by atoms with Crippen molar-refractivity contribution in [3.05, 3.63) is 51.5 Å². The molecule has 2 aromatic rings. The van der Waals surface area contributed by atoms with Gasteiger partial charge in [-0.3, -0.25) is 4.79 Å². The van der Waals surface area contributed by atoms with Crippen LogP contribution in [0.3, 0.4) is 0 Å². The number of hydrogen-bond acceptors (Lipinski definition) is 3. The van der Waals surface area contributed by atoms with Crippen molar-refractivity contribution in [1.29, 1.82) is 0 Å². The van der Waals surface area contributed by atoms with Crippen LogP contribution in [-0.2, 0) is 17.6 Å². The molecule has 0 saturated heterocycles. The molecule has 0 unspecified atom stereocenters. The van der Waals surface area contributed by atoms with Crippen molar-refractivity contribution in [2.45, 2.75) is 25.8 Å². The fourth-order valence-electron chi connectivity index (χ4n) is 2.95. The molecule has 0 fully saturated rings. The monoisotopic (exact) mass is 319 g/mol. The molecule has 22 heavy (non-hydrogen) atoms. The van der Waals surface area contributed by atoms with Crippen LogP contribution < -0.4 is 4.74 Å². The molecule has 1 amide bonds. The van der Waals surface area contributed by atoms with Gasteiger partial charge in [-0.1, -0.05) is 6.07 Å². The number of amides is 1. The first kappa shape index (κ1) is 15.0. The first-order valence-electron chi connectivity index (χ1n) is 7.28. The van der Waals surface area contributed by atoms with Crippen LogP contribution in [0.15, 0.2) is 29.6 Å². The van der Waals surface area contributed by atoms with Crippen molar-refractivity contribution < 1.29 is 13.9 Å². The second-order valence-electron chi connectivity index (χ2n) is 5.46. The molecule has 1 aliphatic heterocycles. The zero-order chi connectivity index (χ0) is 15.7. The highest BCUT2D eigenvalue weighted by Gasteiger charge is 2.28. The standard InChI is InChI=1S/C17H18FNO2S/c1-11-13-6-8-22-16(13)5-7-19(11)17(20)10-12-3-4-15(21-2)14(18)9-12/h3-4,6,8-9,11H,5,7,10H2,1-2H3/t11-/m0/s1. The van der Waals surface area contributed by atoms with Crippen LogP contribution >= 0.6 is 11.3 Å². The quantitative estimate of drug-likeness (QED) is 0.865. The van der Waals surface area contributed by atoms with Gasteiger partial charge in [0.2, 0.25) is 5.91 Å². The van der Waals surface area contributed by atoms with Gasteiger partial charge < -0.3 is 9.64 Å². The zero-order valence-corrected chi connectivity index (χ0v) is 13.5. The molecule has 2 heterocycles. The van der Waals surface area contributed by atoms with Gasteiger partial charge in [0, 0.05) is 11.4 Å². The van der Waals surface area contributed by atoms with E-state index in [4.69, 9.17) is 4.74 Å². The lowest BCUT2D eigenvalue weighted by Crippen LogP contribution is -2.39. The highest BCUT2D eigenvalue weighted by molar-refractivity contribution is 7.10. The van der Waals surface area contributed by atoms with E-state index in [0.717, 1.165) is 13.0 Å². The second-order valence-corrected chi connectivity index (χ2v) is 6.46. The minimum absolute atomic E-state index is 0.0360. The summed E-state index contributed by atoms with van der Waals surface area (Å²) >= 11 is 1.75. The minimum Gasteiger partial charge on any atom is -0.494 e. The van der Waals surface area contributed by atoms with Gasteiger partial charge in [0.25, 0.3) is 0 Å². The minimum atomic E-state index is -0.431. The Morgan fingerprint density at radius 1 is 1.45 bits per heavy atom. The highest BCUT2D eigenvalue weighted by atomic mass is 32.1. The number of hydrogen-bond donors (Lipinski definition) is 0. The summed E-state index contributed by atoms with van der Waals surface area (Å²) in [6, 6.07) is 6.86. The molecule has 116 valence electrons. The Balaban J connectivity index is 1.74. The van der Waals surface area contributed by atoms with Crippen LogP contribution in [0.25, 0.3) is 0 Å². The number of halogens is 1.